The van der Waals surface area contributed by atoms with E-state index in [9.17, 15) is 9.59 Å². The number of rotatable bonds is 7. The molecule has 31 heavy (non-hydrogen) atoms. The number of methoxy groups -OCH3 is 1. The zero-order valence-corrected chi connectivity index (χ0v) is 16.8. The van der Waals surface area contributed by atoms with Crippen molar-refractivity contribution in [3.05, 3.63) is 88.7 Å². The van der Waals surface area contributed by atoms with Crippen molar-refractivity contribution in [2.45, 2.75) is 0 Å². The van der Waals surface area contributed by atoms with Crippen LogP contribution in [0.3, 0.4) is 0 Å². The van der Waals surface area contributed by atoms with Crippen LogP contribution in [0.4, 0.5) is 0 Å². The molecule has 0 aliphatic carbocycles. The van der Waals surface area contributed by atoms with Gasteiger partial charge in [-0.1, -0.05) is 12.1 Å². The number of nitrogens with one attached hydrogen (secondary N) is 1. The van der Waals surface area contributed by atoms with Gasteiger partial charge >= 0.3 is 5.97 Å². The molecule has 3 aromatic carbocycles. The summed E-state index contributed by atoms with van der Waals surface area (Å²) in [5.41, 5.74) is 1.74. The number of esters is 1. The van der Waals surface area contributed by atoms with Crippen molar-refractivity contribution >= 4 is 16.9 Å². The van der Waals surface area contributed by atoms with Gasteiger partial charge in [-0.15, -0.1) is 0 Å². The number of ether oxygens (including phenoxy) is 3. The van der Waals surface area contributed by atoms with Crippen LogP contribution in [0.5, 0.6) is 11.5 Å². The minimum atomic E-state index is -0.388. The van der Waals surface area contributed by atoms with Crippen LogP contribution in [-0.4, -0.2) is 36.3 Å². The number of hydrogen-bond donors (Lipinski definition) is 1. The van der Waals surface area contributed by atoms with Crippen molar-refractivity contribution in [2.75, 3.05) is 20.3 Å². The van der Waals surface area contributed by atoms with E-state index in [1.165, 1.54) is 7.11 Å². The summed E-state index contributed by atoms with van der Waals surface area (Å²) in [5.74, 6) is 1.43. The number of fused-ring (bicyclic) bond motifs is 1. The van der Waals surface area contributed by atoms with E-state index < -0.39 is 0 Å². The molecule has 0 amide bonds. The fraction of sp³-hybridized carbons (Fsp3) is 0.125. The Labute approximate surface area is 178 Å². The van der Waals surface area contributed by atoms with E-state index in [0.717, 1.165) is 5.56 Å². The fourth-order valence-electron chi connectivity index (χ4n) is 3.06. The topological polar surface area (TPSA) is 90.5 Å². The smallest absolute Gasteiger partial charge is 0.337 e. The fourth-order valence-corrected chi connectivity index (χ4v) is 3.06. The normalized spacial score (nSPS) is 10.6. The van der Waals surface area contributed by atoms with Crippen LogP contribution in [0.1, 0.15) is 10.4 Å². The molecule has 0 unspecified atom stereocenters. The first-order chi connectivity index (χ1) is 15.1. The molecule has 0 bridgehead atoms. The van der Waals surface area contributed by atoms with Crippen LogP contribution in [0.25, 0.3) is 22.3 Å². The Hall–Kier alpha value is -4.13. The molecule has 156 valence electrons. The molecule has 0 atom stereocenters. The third kappa shape index (κ3) is 4.72. The molecular formula is C24H20N2O5. The lowest BCUT2D eigenvalue weighted by Gasteiger charge is -2.09. The monoisotopic (exact) mass is 416 g/mol. The molecule has 1 aromatic heterocycles. The van der Waals surface area contributed by atoms with Gasteiger partial charge in [-0.05, 0) is 60.7 Å². The highest BCUT2D eigenvalue weighted by molar-refractivity contribution is 5.89. The number of hydrogen-bond acceptors (Lipinski definition) is 6. The first-order valence-electron chi connectivity index (χ1n) is 9.67. The van der Waals surface area contributed by atoms with Crippen LogP contribution in [0.15, 0.2) is 77.6 Å². The SMILES string of the molecule is COC(=O)c1ccc(OCCOc2ccc(-c3nc4ccccc4c(=O)[nH]3)cc2)cc1. The largest absolute Gasteiger partial charge is 0.490 e. The van der Waals surface area contributed by atoms with Gasteiger partial charge in [0.25, 0.3) is 5.56 Å². The average Bonchev–Trinajstić information content (AvgIpc) is 2.82. The van der Waals surface area contributed by atoms with Gasteiger partial charge in [0.05, 0.1) is 23.6 Å². The van der Waals surface area contributed by atoms with Crippen LogP contribution >= 0.6 is 0 Å². The highest BCUT2D eigenvalue weighted by Gasteiger charge is 2.07. The highest BCUT2D eigenvalue weighted by Crippen LogP contribution is 2.20. The predicted molar refractivity (Wildman–Crippen MR) is 117 cm³/mol. The van der Waals surface area contributed by atoms with E-state index in [4.69, 9.17) is 9.47 Å². The lowest BCUT2D eigenvalue weighted by atomic mass is 10.2. The first kappa shape index (κ1) is 20.2. The number of aromatic nitrogens is 2. The van der Waals surface area contributed by atoms with E-state index in [-0.39, 0.29) is 11.5 Å². The van der Waals surface area contributed by atoms with Crippen molar-refractivity contribution in [3.63, 3.8) is 0 Å². The van der Waals surface area contributed by atoms with Crippen LogP contribution in [0, 0.1) is 0 Å². The third-order valence-electron chi connectivity index (χ3n) is 4.64. The maximum atomic E-state index is 12.2. The van der Waals surface area contributed by atoms with Gasteiger partial charge in [0.15, 0.2) is 0 Å². The number of H-pyrrole nitrogens is 1. The molecule has 0 aliphatic rings. The van der Waals surface area contributed by atoms with Crippen molar-refractivity contribution in [2.24, 2.45) is 0 Å². The molecule has 0 spiro atoms. The summed E-state index contributed by atoms with van der Waals surface area (Å²) in [5, 5.41) is 0.561. The second-order valence-electron chi connectivity index (χ2n) is 6.67. The van der Waals surface area contributed by atoms with Gasteiger partial charge in [0.1, 0.15) is 30.5 Å². The van der Waals surface area contributed by atoms with Gasteiger partial charge in [0, 0.05) is 5.56 Å². The zero-order chi connectivity index (χ0) is 21.6. The van der Waals surface area contributed by atoms with Gasteiger partial charge in [-0.2, -0.15) is 0 Å². The molecule has 4 aromatic rings. The standard InChI is InChI=1S/C24H20N2O5/c1-29-24(28)17-8-12-19(13-9-17)31-15-14-30-18-10-6-16(7-11-18)22-25-21-5-3-2-4-20(21)23(27)26-22/h2-13H,14-15H2,1H3,(H,25,26,27). The summed E-state index contributed by atoms with van der Waals surface area (Å²) in [6.07, 6.45) is 0. The molecule has 0 fully saturated rings. The number of carbonyl (C=O) groups excluding carboxylic acids is 1. The molecule has 0 radical (unpaired) electrons. The molecule has 0 aliphatic heterocycles. The Balaban J connectivity index is 1.33. The van der Waals surface area contributed by atoms with Gasteiger partial charge in [0.2, 0.25) is 0 Å². The Morgan fingerprint density at radius 2 is 1.48 bits per heavy atom. The quantitative estimate of drug-likeness (QED) is 0.364. The molecule has 7 heteroatoms. The highest BCUT2D eigenvalue weighted by atomic mass is 16.5. The molecule has 7 nitrogen and oxygen atoms in total. The molecule has 0 saturated carbocycles. The summed E-state index contributed by atoms with van der Waals surface area (Å²) in [6.45, 7) is 0.696. The van der Waals surface area contributed by atoms with Crippen LogP contribution in [-0.2, 0) is 4.74 Å². The lowest BCUT2D eigenvalue weighted by molar-refractivity contribution is 0.0600. The maximum Gasteiger partial charge on any atom is 0.337 e. The van der Waals surface area contributed by atoms with Crippen molar-refractivity contribution in [3.8, 4) is 22.9 Å². The van der Waals surface area contributed by atoms with Gasteiger partial charge in [-0.25, -0.2) is 9.78 Å². The number of aromatic amines is 1. The van der Waals surface area contributed by atoms with E-state index in [1.807, 2.05) is 42.5 Å². The zero-order valence-electron chi connectivity index (χ0n) is 16.8. The van der Waals surface area contributed by atoms with Gasteiger partial charge in [-0.3, -0.25) is 4.79 Å². The van der Waals surface area contributed by atoms with E-state index in [0.29, 0.717) is 47.0 Å². The predicted octanol–water partition coefficient (Wildman–Crippen LogP) is 3.83. The number of benzene rings is 3. The number of nitrogens with zero attached hydrogens (tertiary/aromatic N) is 1. The number of carbonyl (C=O) groups is 1. The summed E-state index contributed by atoms with van der Waals surface area (Å²) >= 11 is 0. The molecule has 1 N–H and O–H groups in total. The lowest BCUT2D eigenvalue weighted by Crippen LogP contribution is -2.10. The maximum absolute atomic E-state index is 12.2. The van der Waals surface area contributed by atoms with Crippen molar-refractivity contribution < 1.29 is 19.0 Å². The van der Waals surface area contributed by atoms with Crippen LogP contribution in [0.2, 0.25) is 0 Å². The first-order valence-corrected chi connectivity index (χ1v) is 9.67. The second kappa shape index (κ2) is 9.13. The summed E-state index contributed by atoms with van der Waals surface area (Å²) in [6, 6.07) is 21.2. The second-order valence-corrected chi connectivity index (χ2v) is 6.67. The molecule has 0 saturated heterocycles. The molecular weight excluding hydrogens is 396 g/mol. The van der Waals surface area contributed by atoms with E-state index in [2.05, 4.69) is 14.7 Å². The van der Waals surface area contributed by atoms with Crippen LogP contribution < -0.4 is 15.0 Å². The van der Waals surface area contributed by atoms with E-state index in [1.54, 1.807) is 30.3 Å². The van der Waals surface area contributed by atoms with Gasteiger partial charge < -0.3 is 19.2 Å². The Kier molecular flexibility index (Phi) is 5.93. The van der Waals surface area contributed by atoms with Crippen molar-refractivity contribution in [1.82, 2.24) is 9.97 Å². The molecule has 1 heterocycles. The Morgan fingerprint density at radius 1 is 0.871 bits per heavy atom. The van der Waals surface area contributed by atoms with E-state index >= 15 is 0 Å². The number of para-hydroxylation sites is 1. The summed E-state index contributed by atoms with van der Waals surface area (Å²) in [7, 11) is 1.34. The Morgan fingerprint density at radius 3 is 2.13 bits per heavy atom. The summed E-state index contributed by atoms with van der Waals surface area (Å²) in [4.78, 5) is 31.0. The average molecular weight is 416 g/mol. The molecule has 4 rings (SSSR count). The van der Waals surface area contributed by atoms with Crippen molar-refractivity contribution in [1.29, 1.82) is 0 Å². The minimum absolute atomic E-state index is 0.169. The third-order valence-corrected chi connectivity index (χ3v) is 4.64. The Bertz CT molecular complexity index is 1250. The summed E-state index contributed by atoms with van der Waals surface area (Å²) < 4.78 is 16.0. The minimum Gasteiger partial charge on any atom is -0.490 e.